The number of fused-ring (bicyclic) bond motifs is 3. The lowest BCUT2D eigenvalue weighted by Gasteiger charge is -2.37. The van der Waals surface area contributed by atoms with Gasteiger partial charge in [-0.05, 0) is 12.3 Å². The fourth-order valence-corrected chi connectivity index (χ4v) is 4.91. The van der Waals surface area contributed by atoms with Crippen LogP contribution in [0, 0.1) is 17.8 Å². The molecule has 1 aliphatic heterocycles. The first kappa shape index (κ1) is 24.8. The van der Waals surface area contributed by atoms with Crippen molar-refractivity contribution in [2.45, 2.75) is 36.8 Å². The zero-order valence-electron chi connectivity index (χ0n) is 18.1. The van der Waals surface area contributed by atoms with Gasteiger partial charge in [0.2, 0.25) is 0 Å². The summed E-state index contributed by atoms with van der Waals surface area (Å²) >= 11 is 0. The van der Waals surface area contributed by atoms with Gasteiger partial charge >= 0.3 is 17.9 Å². The number of hydrogen-bond donors (Lipinski definition) is 4. The Hall–Kier alpha value is -2.79. The molecule has 33 heavy (non-hydrogen) atoms. The minimum atomic E-state index is -2.03. The Morgan fingerprint density at radius 1 is 1.12 bits per heavy atom. The average molecular weight is 464 g/mol. The molecule has 0 radical (unpaired) electrons. The van der Waals surface area contributed by atoms with Crippen molar-refractivity contribution in [3.8, 4) is 0 Å². The second-order valence-electron chi connectivity index (χ2n) is 8.70. The number of aliphatic hydroxyl groups excluding tert-OH is 3. The largest absolute Gasteiger partial charge is 0.459 e. The first-order chi connectivity index (χ1) is 15.5. The van der Waals surface area contributed by atoms with E-state index in [1.165, 1.54) is 0 Å². The Kier molecular flexibility index (Phi) is 6.94. The summed E-state index contributed by atoms with van der Waals surface area (Å²) in [6.07, 6.45) is -3.22. The highest BCUT2D eigenvalue weighted by molar-refractivity contribution is 5.92. The van der Waals surface area contributed by atoms with Gasteiger partial charge in [-0.1, -0.05) is 31.9 Å². The lowest BCUT2D eigenvalue weighted by atomic mass is 9.76. The topological polar surface area (TPSA) is 160 Å². The fourth-order valence-electron chi connectivity index (χ4n) is 4.91. The van der Waals surface area contributed by atoms with E-state index in [1.807, 2.05) is 0 Å². The van der Waals surface area contributed by atoms with E-state index in [9.17, 15) is 29.7 Å². The molecule has 4 N–H and O–H groups in total. The highest BCUT2D eigenvalue weighted by Crippen LogP contribution is 2.55. The fraction of sp³-hybridized carbons (Fsp3) is 0.522. The van der Waals surface area contributed by atoms with Gasteiger partial charge < -0.3 is 34.6 Å². The molecule has 10 heteroatoms. The van der Waals surface area contributed by atoms with Crippen LogP contribution in [0.5, 0.6) is 0 Å². The van der Waals surface area contributed by atoms with Crippen LogP contribution in [-0.2, 0) is 28.6 Å². The summed E-state index contributed by atoms with van der Waals surface area (Å²) < 4.78 is 16.1. The molecule has 1 saturated heterocycles. The number of ether oxygens (including phenoxy) is 3. The predicted molar refractivity (Wildman–Crippen MR) is 112 cm³/mol. The maximum absolute atomic E-state index is 12.4. The van der Waals surface area contributed by atoms with Gasteiger partial charge in [-0.3, -0.25) is 0 Å². The normalized spacial score (nSPS) is 35.2. The molecular weight excluding hydrogens is 436 g/mol. The molecule has 0 aromatic rings. The third-order valence-electron chi connectivity index (χ3n) is 6.72. The number of carbonyl (C=O) groups excluding carboxylic acids is 3. The summed E-state index contributed by atoms with van der Waals surface area (Å²) in [4.78, 5) is 36.7. The van der Waals surface area contributed by atoms with Crippen LogP contribution in [0.25, 0.3) is 0 Å². The van der Waals surface area contributed by atoms with Crippen LogP contribution in [0.2, 0.25) is 0 Å². The van der Waals surface area contributed by atoms with Crippen LogP contribution >= 0.6 is 0 Å². The van der Waals surface area contributed by atoms with Gasteiger partial charge in [0, 0.05) is 17.9 Å². The number of hydrogen-bond acceptors (Lipinski definition) is 10. The Bertz CT molecular complexity index is 920. The summed E-state index contributed by atoms with van der Waals surface area (Å²) in [5.74, 6) is -4.94. The Balaban J connectivity index is 1.96. The molecule has 180 valence electrons. The van der Waals surface area contributed by atoms with Crippen LogP contribution in [0.3, 0.4) is 0 Å². The van der Waals surface area contributed by atoms with Crippen LogP contribution in [0.15, 0.2) is 48.6 Å². The predicted octanol–water partition coefficient (Wildman–Crippen LogP) is -0.676. The molecule has 0 unspecified atom stereocenters. The summed E-state index contributed by atoms with van der Waals surface area (Å²) in [5, 5.41) is 40.4. The minimum absolute atomic E-state index is 0.0234. The summed E-state index contributed by atoms with van der Waals surface area (Å²) in [5.41, 5.74) is -1.88. The summed E-state index contributed by atoms with van der Waals surface area (Å²) in [6, 6.07) is 0. The van der Waals surface area contributed by atoms with Crippen LogP contribution in [-0.4, -0.2) is 82.1 Å². The summed E-state index contributed by atoms with van der Waals surface area (Å²) in [6.45, 7) is 12.7. The molecule has 2 aliphatic carbocycles. The van der Waals surface area contributed by atoms with E-state index >= 15 is 0 Å². The highest BCUT2D eigenvalue weighted by atomic mass is 16.6. The van der Waals surface area contributed by atoms with Crippen molar-refractivity contribution in [2.24, 2.45) is 17.8 Å². The molecule has 1 heterocycles. The molecule has 3 aliphatic rings. The number of rotatable bonds is 7. The molecule has 3 fully saturated rings. The van der Waals surface area contributed by atoms with Crippen molar-refractivity contribution < 1.29 is 49.0 Å². The third kappa shape index (κ3) is 4.26. The van der Waals surface area contributed by atoms with E-state index in [4.69, 9.17) is 19.3 Å². The van der Waals surface area contributed by atoms with Crippen molar-refractivity contribution in [3.63, 3.8) is 0 Å². The monoisotopic (exact) mass is 464 g/mol. The van der Waals surface area contributed by atoms with E-state index in [-0.39, 0.29) is 29.6 Å². The molecule has 0 bridgehead atoms. The van der Waals surface area contributed by atoms with Gasteiger partial charge in [-0.25, -0.2) is 14.4 Å². The van der Waals surface area contributed by atoms with Crippen molar-refractivity contribution in [1.82, 2.24) is 0 Å². The SMILES string of the molecule is C=C(CO)C(=O)OC[C@]1(O)[C@@H]2[C@H]3OC(=O)C(=C)[C@@H]3[C@@H](OC(=O)C(=C)CO)CC(=C)[C@@H]2C[C@@H]1O. The maximum Gasteiger partial charge on any atom is 0.336 e. The number of carbonyl (C=O) groups is 3. The van der Waals surface area contributed by atoms with Gasteiger partial charge in [0.05, 0.1) is 36.4 Å². The van der Waals surface area contributed by atoms with E-state index < -0.39 is 79.4 Å². The maximum atomic E-state index is 12.4. The third-order valence-corrected chi connectivity index (χ3v) is 6.72. The van der Waals surface area contributed by atoms with E-state index in [1.54, 1.807) is 0 Å². The van der Waals surface area contributed by atoms with E-state index in [0.29, 0.717) is 5.57 Å². The van der Waals surface area contributed by atoms with E-state index in [2.05, 4.69) is 26.3 Å². The average Bonchev–Trinajstić information content (AvgIpc) is 3.18. The Morgan fingerprint density at radius 3 is 2.33 bits per heavy atom. The first-order valence-electron chi connectivity index (χ1n) is 10.4. The molecule has 0 spiro atoms. The quantitative estimate of drug-likeness (QED) is 0.165. The highest BCUT2D eigenvalue weighted by Gasteiger charge is 2.65. The number of aliphatic hydroxyl groups is 4. The molecule has 10 nitrogen and oxygen atoms in total. The smallest absolute Gasteiger partial charge is 0.336 e. The zero-order valence-corrected chi connectivity index (χ0v) is 18.1. The molecular formula is C23H28O10. The first-order valence-corrected chi connectivity index (χ1v) is 10.4. The van der Waals surface area contributed by atoms with Crippen molar-refractivity contribution in [3.05, 3.63) is 48.6 Å². The second-order valence-corrected chi connectivity index (χ2v) is 8.70. The van der Waals surface area contributed by atoms with E-state index in [0.717, 1.165) is 0 Å². The van der Waals surface area contributed by atoms with Crippen LogP contribution in [0.1, 0.15) is 12.8 Å². The van der Waals surface area contributed by atoms with Crippen LogP contribution in [0.4, 0.5) is 0 Å². The van der Waals surface area contributed by atoms with Crippen LogP contribution < -0.4 is 0 Å². The standard InChI is InChI=1S/C23H28O10/c1-10-5-15(32-21(28)12(3)8-25)17-13(4)22(29)33-19(17)18-14(10)6-16(26)23(18,30)9-31-20(27)11(2)7-24/h14-19,24-26,30H,1-9H2/t14-,15-,16-,17+,18-,19-,23+/m0/s1. The molecule has 7 atom stereocenters. The molecule has 0 amide bonds. The van der Waals surface area contributed by atoms with Gasteiger partial charge in [0.25, 0.3) is 0 Å². The van der Waals surface area contributed by atoms with Crippen molar-refractivity contribution >= 4 is 17.9 Å². The van der Waals surface area contributed by atoms with Crippen molar-refractivity contribution in [2.75, 3.05) is 19.8 Å². The molecule has 0 aromatic heterocycles. The second kappa shape index (κ2) is 9.22. The number of esters is 3. The Labute approximate surface area is 190 Å². The van der Waals surface area contributed by atoms with Crippen molar-refractivity contribution in [1.29, 1.82) is 0 Å². The zero-order chi connectivity index (χ0) is 24.7. The lowest BCUT2D eigenvalue weighted by molar-refractivity contribution is -0.177. The summed E-state index contributed by atoms with van der Waals surface area (Å²) in [7, 11) is 0. The molecule has 3 rings (SSSR count). The molecule has 0 aromatic carbocycles. The van der Waals surface area contributed by atoms with Gasteiger partial charge in [-0.2, -0.15) is 0 Å². The minimum Gasteiger partial charge on any atom is -0.459 e. The van der Waals surface area contributed by atoms with Gasteiger partial charge in [-0.15, -0.1) is 0 Å². The van der Waals surface area contributed by atoms with Gasteiger partial charge in [0.1, 0.15) is 24.4 Å². The Morgan fingerprint density at radius 2 is 1.73 bits per heavy atom. The lowest BCUT2D eigenvalue weighted by Crippen LogP contribution is -2.54. The molecule has 2 saturated carbocycles. The van der Waals surface area contributed by atoms with Gasteiger partial charge in [0.15, 0.2) is 0 Å².